The lowest BCUT2D eigenvalue weighted by atomic mass is 9.84. The van der Waals surface area contributed by atoms with E-state index in [1.165, 1.54) is 72.9 Å². The fourth-order valence-electron chi connectivity index (χ4n) is 14.8. The zero-order valence-electron chi connectivity index (χ0n) is 61.6. The van der Waals surface area contributed by atoms with Crippen molar-refractivity contribution in [3.63, 3.8) is 0 Å². The van der Waals surface area contributed by atoms with Crippen LogP contribution >= 0.6 is 11.6 Å². The lowest BCUT2D eigenvalue weighted by molar-refractivity contribution is -0.154. The Morgan fingerprint density at radius 2 is 1.14 bits per heavy atom. The van der Waals surface area contributed by atoms with E-state index in [1.807, 2.05) is 20.8 Å². The zero-order chi connectivity index (χ0) is 74.6. The fraction of sp³-hybridized carbons (Fsp3) is 0.753. The number of carbonyl (C=O) groups is 12. The molecule has 6 rings (SSSR count). The van der Waals surface area contributed by atoms with Gasteiger partial charge in [0.25, 0.3) is 0 Å². The number of rotatable bonds is 12. The lowest BCUT2D eigenvalue weighted by Crippen LogP contribution is -2.59. The van der Waals surface area contributed by atoms with Crippen LogP contribution in [0.5, 0.6) is 0 Å². The minimum Gasteiger partial charge on any atom is -0.354 e. The number of hydrogen-bond acceptors (Lipinski definition) is 12. The smallest absolute Gasteiger partial charge is 0.354 e. The van der Waals surface area contributed by atoms with E-state index in [0.29, 0.717) is 44.3 Å². The third-order valence-electron chi connectivity index (χ3n) is 21.6. The molecule has 1 aromatic carbocycles. The van der Waals surface area contributed by atoms with Gasteiger partial charge in [-0.15, -0.1) is 0 Å². The number of fused-ring (bicyclic) bond motifs is 1. The van der Waals surface area contributed by atoms with Crippen molar-refractivity contribution in [1.29, 1.82) is 0 Å². The summed E-state index contributed by atoms with van der Waals surface area (Å²) in [4.78, 5) is 187. The van der Waals surface area contributed by atoms with Crippen LogP contribution in [0.3, 0.4) is 0 Å². The van der Waals surface area contributed by atoms with Crippen molar-refractivity contribution >= 4 is 82.5 Å². The van der Waals surface area contributed by atoms with E-state index in [2.05, 4.69) is 16.0 Å². The Labute approximate surface area is 600 Å². The first-order valence-corrected chi connectivity index (χ1v) is 37.2. The summed E-state index contributed by atoms with van der Waals surface area (Å²) in [5.74, 6) is -7.53. The van der Waals surface area contributed by atoms with Gasteiger partial charge in [-0.1, -0.05) is 116 Å². The molecule has 2 aliphatic carbocycles. The van der Waals surface area contributed by atoms with Gasteiger partial charge in [-0.05, 0) is 118 Å². The minimum absolute atomic E-state index is 0.0190. The van der Waals surface area contributed by atoms with Crippen molar-refractivity contribution < 1.29 is 70.7 Å². The van der Waals surface area contributed by atoms with Gasteiger partial charge in [0.2, 0.25) is 70.9 Å². The second kappa shape index (κ2) is 39.0. The highest BCUT2D eigenvalue weighted by atomic mass is 35.5. The van der Waals surface area contributed by atoms with Gasteiger partial charge >= 0.3 is 6.18 Å². The molecule has 0 radical (unpaired) electrons. The van der Waals surface area contributed by atoms with Crippen molar-refractivity contribution in [2.75, 3.05) is 95.1 Å². The van der Waals surface area contributed by atoms with Gasteiger partial charge in [-0.25, -0.2) is 0 Å². The Bertz CT molecular complexity index is 3050. The van der Waals surface area contributed by atoms with Crippen molar-refractivity contribution in [3.05, 3.63) is 34.3 Å². The summed E-state index contributed by atoms with van der Waals surface area (Å²) in [6.07, 6.45) is 8.24. The van der Waals surface area contributed by atoms with Crippen LogP contribution in [0.1, 0.15) is 193 Å². The van der Waals surface area contributed by atoms with Gasteiger partial charge < -0.3 is 60.0 Å². The first kappa shape index (κ1) is 82.9. The van der Waals surface area contributed by atoms with E-state index in [4.69, 9.17) is 11.6 Å². The Morgan fingerprint density at radius 1 is 0.574 bits per heavy atom. The van der Waals surface area contributed by atoms with E-state index in [0.717, 1.165) is 110 Å². The van der Waals surface area contributed by atoms with Crippen LogP contribution < -0.4 is 16.0 Å². The molecule has 101 heavy (non-hydrogen) atoms. The summed E-state index contributed by atoms with van der Waals surface area (Å²) < 4.78 is 41.3. The molecule has 3 saturated heterocycles. The van der Waals surface area contributed by atoms with Crippen molar-refractivity contribution in [2.24, 2.45) is 23.7 Å². The normalized spacial score (nSPS) is 26.0. The minimum atomic E-state index is -4.74. The highest BCUT2D eigenvalue weighted by Gasteiger charge is 2.44. The molecule has 3 N–H and O–H groups in total. The molecule has 12 amide bonds. The van der Waals surface area contributed by atoms with Crippen LogP contribution in [-0.4, -0.2) is 252 Å². The molecule has 0 unspecified atom stereocenters. The van der Waals surface area contributed by atoms with Gasteiger partial charge in [0.15, 0.2) is 0 Å². The third-order valence-corrected chi connectivity index (χ3v) is 21.9. The number of likely N-dealkylation sites (tertiary alicyclic amines) is 1. The Morgan fingerprint density at radius 3 is 1.72 bits per heavy atom. The number of amides is 12. The maximum atomic E-state index is 15.3. The van der Waals surface area contributed by atoms with Crippen molar-refractivity contribution in [1.82, 2.24) is 60.0 Å². The quantitative estimate of drug-likeness (QED) is 0.198. The van der Waals surface area contributed by atoms with E-state index in [1.54, 1.807) is 18.9 Å². The zero-order valence-corrected chi connectivity index (χ0v) is 62.4. The predicted molar refractivity (Wildman–Crippen MR) is 376 cm³/mol. The standard InChI is InChI=1S/C73H114ClF3N12O12/c1-12-48(4)65-72(101)83(7)45-63(93)81(5)46-64(94)86(10)57(41-49-25-16-13-17-26-49)69(98)82(6)44-60(90)79-54(34-32-51-31-33-52(53(74)40-51)73(75,76)77)68(97)89-38-24-29-55(89)66(95)78-35-21-20-30-61(91)85(9)58(42-50-27-18-14-19-28-50)70(99)87(11)59(71(100)88-36-22-15-23-37-88)43-62(92)84(8)56(39-47(2)3)67(96)80-65/h31,33,40,47-50,54-59,65H,12-30,32,34-39,41-46H2,1-11H3,(H,78,95)(H,79,90)(H,80,96)/t48-,54-,55-,56-,57-,58-,59-,65-/m0/s1. The molecule has 3 aliphatic heterocycles. The average Bonchev–Trinajstić information content (AvgIpc) is 1.38. The lowest BCUT2D eigenvalue weighted by Gasteiger charge is -2.39. The molecule has 3 heterocycles. The second-order valence-electron chi connectivity index (χ2n) is 29.6. The number of carbonyl (C=O) groups excluding carboxylic acids is 12. The van der Waals surface area contributed by atoms with Crippen LogP contribution in [0.15, 0.2) is 18.2 Å². The summed E-state index contributed by atoms with van der Waals surface area (Å²) in [5.41, 5.74) is -0.727. The van der Waals surface area contributed by atoms with Crippen molar-refractivity contribution in [2.45, 2.75) is 237 Å². The fourth-order valence-corrected chi connectivity index (χ4v) is 15.1. The molecule has 566 valence electrons. The highest BCUT2D eigenvalue weighted by molar-refractivity contribution is 6.31. The molecule has 0 spiro atoms. The largest absolute Gasteiger partial charge is 0.417 e. The maximum absolute atomic E-state index is 15.3. The number of alkyl halides is 3. The van der Waals surface area contributed by atoms with Gasteiger partial charge in [0.05, 0.1) is 36.6 Å². The number of piperidine rings is 1. The van der Waals surface area contributed by atoms with E-state index in [-0.39, 0.29) is 81.7 Å². The summed E-state index contributed by atoms with van der Waals surface area (Å²) in [5, 5.41) is 8.01. The molecule has 0 bridgehead atoms. The second-order valence-corrected chi connectivity index (χ2v) is 30.1. The molecule has 28 heteroatoms. The number of halogens is 4. The Hall–Kier alpha value is -7.06. The summed E-state index contributed by atoms with van der Waals surface area (Å²) in [6, 6.07) is -4.95. The molecular formula is C73H114ClF3N12O12. The van der Waals surface area contributed by atoms with E-state index in [9.17, 15) is 65.9 Å². The predicted octanol–water partition coefficient (Wildman–Crippen LogP) is 6.67. The Kier molecular flexibility index (Phi) is 32.0. The molecule has 5 fully saturated rings. The molecule has 0 aromatic heterocycles. The van der Waals surface area contributed by atoms with Crippen LogP contribution in [-0.2, 0) is 70.1 Å². The third kappa shape index (κ3) is 23.5. The first-order valence-electron chi connectivity index (χ1n) is 36.8. The number of benzene rings is 1. The average molecular weight is 1440 g/mol. The van der Waals surface area contributed by atoms with Gasteiger partial charge in [0.1, 0.15) is 42.3 Å². The number of aryl methyl sites for hydroxylation is 1. The molecule has 24 nitrogen and oxygen atoms in total. The topological polar surface area (TPSA) is 270 Å². The van der Waals surface area contributed by atoms with Crippen LogP contribution in [0, 0.1) is 23.7 Å². The monoisotopic (exact) mass is 1440 g/mol. The molecular weight excluding hydrogens is 1330 g/mol. The molecule has 2 saturated carbocycles. The molecule has 1 aromatic rings. The van der Waals surface area contributed by atoms with E-state index < -0.39 is 156 Å². The summed E-state index contributed by atoms with van der Waals surface area (Å²) in [6.45, 7) is 6.77. The van der Waals surface area contributed by atoms with Gasteiger partial charge in [-0.3, -0.25) is 57.5 Å². The SMILES string of the molecule is CC[C@H](C)[C@@H]1NC(=O)[C@H](CC(C)C)N(C)C(=O)C[C@@H](C(=O)N2CCCCC2)N(C)C(=O)[C@H](CC2CCCCC2)N(C)C(=O)CCCCNC(=O)[C@@H]2CCCN2C(=O)[C@H](CCc2ccc(C(F)(F)F)c(Cl)c2)NC(=O)CN(C)C(=O)[C@H](CC2CCCCC2)N(C)C(=O)CN(C)C(=O)CN(C)C1=O. The van der Waals surface area contributed by atoms with Crippen LogP contribution in [0.2, 0.25) is 5.02 Å². The number of nitrogens with one attached hydrogen (secondary N) is 3. The van der Waals surface area contributed by atoms with Gasteiger partial charge in [-0.2, -0.15) is 13.2 Å². The number of likely N-dealkylation sites (N-methyl/N-ethyl adjacent to an activating group) is 7. The number of hydrogen-bond donors (Lipinski definition) is 3. The van der Waals surface area contributed by atoms with Gasteiger partial charge in [0, 0.05) is 81.9 Å². The Balaban J connectivity index is 1.34. The highest BCUT2D eigenvalue weighted by Crippen LogP contribution is 2.36. The van der Waals surface area contributed by atoms with E-state index >= 15 is 4.79 Å². The molecule has 8 atom stereocenters. The van der Waals surface area contributed by atoms with Crippen LogP contribution in [0.25, 0.3) is 0 Å². The molecule has 5 aliphatic rings. The number of nitrogens with zero attached hydrogens (tertiary/aromatic N) is 9. The maximum Gasteiger partial charge on any atom is 0.417 e. The summed E-state index contributed by atoms with van der Waals surface area (Å²) in [7, 11) is 10.1. The van der Waals surface area contributed by atoms with Crippen LogP contribution in [0.4, 0.5) is 13.2 Å². The summed E-state index contributed by atoms with van der Waals surface area (Å²) >= 11 is 6.11. The first-order chi connectivity index (χ1) is 47.7. The van der Waals surface area contributed by atoms with Crippen molar-refractivity contribution in [3.8, 4) is 0 Å².